The summed E-state index contributed by atoms with van der Waals surface area (Å²) in [5.41, 5.74) is 3.03. The molecule has 1 atom stereocenters. The van der Waals surface area contributed by atoms with E-state index in [0.717, 1.165) is 16.7 Å². The molecule has 0 saturated carbocycles. The monoisotopic (exact) mass is 355 g/mol. The van der Waals surface area contributed by atoms with E-state index >= 15 is 0 Å². The van der Waals surface area contributed by atoms with Crippen LogP contribution in [0.2, 0.25) is 0 Å². The summed E-state index contributed by atoms with van der Waals surface area (Å²) in [5, 5.41) is 19.9. The highest BCUT2D eigenvalue weighted by Crippen LogP contribution is 2.21. The Kier molecular flexibility index (Phi) is 6.91. The molecule has 2 rings (SSSR count). The molecule has 6 heteroatoms. The maximum Gasteiger partial charge on any atom is 0.322 e. The number of benzene rings is 2. The first-order chi connectivity index (χ1) is 12.5. The van der Waals surface area contributed by atoms with Gasteiger partial charge >= 0.3 is 11.9 Å². The van der Waals surface area contributed by atoms with Gasteiger partial charge in [0, 0.05) is 12.3 Å². The molecule has 2 aromatic rings. The summed E-state index contributed by atoms with van der Waals surface area (Å²) in [5.74, 6) is -3.16. The van der Waals surface area contributed by atoms with E-state index in [0.29, 0.717) is 6.42 Å². The lowest BCUT2D eigenvalue weighted by Gasteiger charge is -2.16. The number of rotatable bonds is 9. The zero-order valence-electron chi connectivity index (χ0n) is 14.2. The van der Waals surface area contributed by atoms with E-state index in [1.165, 1.54) is 0 Å². The predicted octanol–water partition coefficient (Wildman–Crippen LogP) is 2.58. The Morgan fingerprint density at radius 3 is 2.04 bits per heavy atom. The van der Waals surface area contributed by atoms with Gasteiger partial charge in [0.1, 0.15) is 6.54 Å². The van der Waals surface area contributed by atoms with Crippen molar-refractivity contribution in [3.63, 3.8) is 0 Å². The smallest absolute Gasteiger partial charge is 0.322 e. The van der Waals surface area contributed by atoms with Crippen molar-refractivity contribution in [2.24, 2.45) is 5.92 Å². The van der Waals surface area contributed by atoms with Crippen LogP contribution in [0.5, 0.6) is 0 Å². The number of carboxylic acid groups (broad SMARTS) is 2. The van der Waals surface area contributed by atoms with Gasteiger partial charge in [-0.2, -0.15) is 0 Å². The van der Waals surface area contributed by atoms with Gasteiger partial charge in [0.15, 0.2) is 0 Å². The second kappa shape index (κ2) is 9.36. The van der Waals surface area contributed by atoms with Crippen LogP contribution >= 0.6 is 0 Å². The van der Waals surface area contributed by atoms with Crippen molar-refractivity contribution in [1.82, 2.24) is 5.32 Å². The summed E-state index contributed by atoms with van der Waals surface area (Å²) in [6, 6.07) is 17.6. The molecule has 0 heterocycles. The zero-order chi connectivity index (χ0) is 18.9. The van der Waals surface area contributed by atoms with Crippen LogP contribution in [-0.2, 0) is 20.8 Å². The van der Waals surface area contributed by atoms with Gasteiger partial charge in [0.05, 0.1) is 0 Å². The van der Waals surface area contributed by atoms with E-state index in [1.807, 2.05) is 54.6 Å². The van der Waals surface area contributed by atoms with Crippen LogP contribution in [0.1, 0.15) is 18.4 Å². The Balaban J connectivity index is 2.07. The summed E-state index contributed by atoms with van der Waals surface area (Å²) >= 11 is 0. The highest BCUT2D eigenvalue weighted by molar-refractivity contribution is 5.83. The Labute approximate surface area is 151 Å². The van der Waals surface area contributed by atoms with Gasteiger partial charge in [-0.15, -0.1) is 0 Å². The molecule has 26 heavy (non-hydrogen) atoms. The maximum absolute atomic E-state index is 12.2. The first kappa shape index (κ1) is 19.2. The Bertz CT molecular complexity index is 756. The summed E-state index contributed by atoms with van der Waals surface area (Å²) in [6.07, 6.45) is 0.363. The highest BCUT2D eigenvalue weighted by atomic mass is 16.4. The van der Waals surface area contributed by atoms with Crippen molar-refractivity contribution in [2.45, 2.75) is 19.3 Å². The van der Waals surface area contributed by atoms with Crippen molar-refractivity contribution in [3.05, 3.63) is 60.2 Å². The van der Waals surface area contributed by atoms with Crippen LogP contribution in [0.25, 0.3) is 11.1 Å². The van der Waals surface area contributed by atoms with E-state index in [4.69, 9.17) is 10.2 Å². The molecule has 0 radical (unpaired) electrons. The molecule has 6 nitrogen and oxygen atoms in total. The molecule has 0 aliphatic rings. The van der Waals surface area contributed by atoms with Crippen molar-refractivity contribution in [1.29, 1.82) is 0 Å². The molecule has 0 aliphatic carbocycles. The number of hydrogen-bond acceptors (Lipinski definition) is 3. The van der Waals surface area contributed by atoms with E-state index < -0.39 is 30.3 Å². The van der Waals surface area contributed by atoms with Gasteiger partial charge in [0.2, 0.25) is 5.91 Å². The Hall–Kier alpha value is -3.15. The molecule has 0 spiro atoms. The minimum atomic E-state index is -1.14. The molecule has 0 aliphatic heterocycles. The number of aliphatic carboxylic acids is 2. The second-order valence-electron chi connectivity index (χ2n) is 6.01. The SMILES string of the molecule is O=C(O)CC[C@@H](Cc1ccc(-c2ccccc2)cc1)C(=O)NCC(=O)O. The van der Waals surface area contributed by atoms with Crippen molar-refractivity contribution < 1.29 is 24.6 Å². The van der Waals surface area contributed by atoms with Crippen LogP contribution in [0.15, 0.2) is 54.6 Å². The van der Waals surface area contributed by atoms with Gasteiger partial charge in [-0.05, 0) is 29.5 Å². The van der Waals surface area contributed by atoms with E-state index in [1.54, 1.807) is 0 Å². The lowest BCUT2D eigenvalue weighted by atomic mass is 9.92. The number of carboxylic acids is 2. The van der Waals surface area contributed by atoms with Crippen LogP contribution in [0.4, 0.5) is 0 Å². The molecule has 0 fully saturated rings. The average Bonchev–Trinajstić information content (AvgIpc) is 2.64. The molecule has 0 saturated heterocycles. The summed E-state index contributed by atoms with van der Waals surface area (Å²) in [6.45, 7) is -0.477. The number of hydrogen-bond donors (Lipinski definition) is 3. The van der Waals surface area contributed by atoms with Gasteiger partial charge < -0.3 is 15.5 Å². The lowest BCUT2D eigenvalue weighted by Crippen LogP contribution is -2.35. The Morgan fingerprint density at radius 1 is 0.846 bits per heavy atom. The molecule has 0 aromatic heterocycles. The first-order valence-electron chi connectivity index (χ1n) is 8.31. The topological polar surface area (TPSA) is 104 Å². The molecule has 136 valence electrons. The fourth-order valence-corrected chi connectivity index (χ4v) is 2.68. The van der Waals surface area contributed by atoms with E-state index in [-0.39, 0.29) is 12.8 Å². The quantitative estimate of drug-likeness (QED) is 0.641. The third kappa shape index (κ3) is 6.05. The fourth-order valence-electron chi connectivity index (χ4n) is 2.68. The third-order valence-electron chi connectivity index (χ3n) is 4.03. The van der Waals surface area contributed by atoms with Gasteiger partial charge in [-0.1, -0.05) is 54.6 Å². The van der Waals surface area contributed by atoms with E-state index in [2.05, 4.69) is 5.32 Å². The van der Waals surface area contributed by atoms with Crippen LogP contribution < -0.4 is 5.32 Å². The standard InChI is InChI=1S/C20H21NO5/c22-18(23)11-10-17(20(26)21-13-19(24)25)12-14-6-8-16(9-7-14)15-4-2-1-3-5-15/h1-9,17H,10-13H2,(H,21,26)(H,22,23)(H,24,25)/t17-/m0/s1. The molecular formula is C20H21NO5. The molecule has 2 aromatic carbocycles. The summed E-state index contributed by atoms with van der Waals surface area (Å²) in [7, 11) is 0. The second-order valence-corrected chi connectivity index (χ2v) is 6.01. The number of nitrogens with one attached hydrogen (secondary N) is 1. The third-order valence-corrected chi connectivity index (χ3v) is 4.03. The maximum atomic E-state index is 12.2. The van der Waals surface area contributed by atoms with Gasteiger partial charge in [-0.3, -0.25) is 14.4 Å². The summed E-state index contributed by atoms with van der Waals surface area (Å²) < 4.78 is 0. The minimum Gasteiger partial charge on any atom is -0.481 e. The molecule has 0 unspecified atom stereocenters. The summed E-state index contributed by atoms with van der Waals surface area (Å²) in [4.78, 5) is 33.6. The van der Waals surface area contributed by atoms with Crippen LogP contribution in [-0.4, -0.2) is 34.6 Å². The van der Waals surface area contributed by atoms with Crippen molar-refractivity contribution >= 4 is 17.8 Å². The number of amides is 1. The normalized spacial score (nSPS) is 11.5. The van der Waals surface area contributed by atoms with Crippen LogP contribution in [0.3, 0.4) is 0 Å². The molecular weight excluding hydrogens is 334 g/mol. The molecule has 0 bridgehead atoms. The van der Waals surface area contributed by atoms with E-state index in [9.17, 15) is 14.4 Å². The fraction of sp³-hybridized carbons (Fsp3) is 0.250. The minimum absolute atomic E-state index is 0.146. The highest BCUT2D eigenvalue weighted by Gasteiger charge is 2.20. The Morgan fingerprint density at radius 2 is 1.46 bits per heavy atom. The van der Waals surface area contributed by atoms with Gasteiger partial charge in [0.25, 0.3) is 0 Å². The predicted molar refractivity (Wildman–Crippen MR) is 96.6 cm³/mol. The van der Waals surface area contributed by atoms with Gasteiger partial charge in [-0.25, -0.2) is 0 Å². The average molecular weight is 355 g/mol. The largest absolute Gasteiger partial charge is 0.481 e. The van der Waals surface area contributed by atoms with Crippen molar-refractivity contribution in [3.8, 4) is 11.1 Å². The molecule has 1 amide bonds. The molecule has 3 N–H and O–H groups in total. The number of carbonyl (C=O) groups excluding carboxylic acids is 1. The van der Waals surface area contributed by atoms with Crippen molar-refractivity contribution in [2.75, 3.05) is 6.54 Å². The zero-order valence-corrected chi connectivity index (χ0v) is 14.2. The van der Waals surface area contributed by atoms with Crippen LogP contribution in [0, 0.1) is 5.92 Å². The number of carbonyl (C=O) groups is 3. The lowest BCUT2D eigenvalue weighted by molar-refractivity contribution is -0.140. The first-order valence-corrected chi connectivity index (χ1v) is 8.31.